The van der Waals surface area contributed by atoms with Gasteiger partial charge in [-0.2, -0.15) is 0 Å². The minimum absolute atomic E-state index is 0.0453. The van der Waals surface area contributed by atoms with Crippen LogP contribution in [0.1, 0.15) is 17.0 Å². The molecule has 108 valence electrons. The molecule has 3 rings (SSSR count). The quantitative estimate of drug-likeness (QED) is 0.881. The fourth-order valence-corrected chi connectivity index (χ4v) is 2.72. The largest absolute Gasteiger partial charge is 0.352 e. The van der Waals surface area contributed by atoms with Crippen LogP contribution in [0.4, 0.5) is 0 Å². The Morgan fingerprint density at radius 3 is 2.81 bits per heavy atom. The summed E-state index contributed by atoms with van der Waals surface area (Å²) >= 11 is 0. The lowest BCUT2D eigenvalue weighted by Gasteiger charge is -2.18. The number of carbonyl (C=O) groups is 1. The Labute approximate surface area is 123 Å². The first-order valence-corrected chi connectivity index (χ1v) is 7.12. The van der Waals surface area contributed by atoms with Crippen molar-refractivity contribution in [3.05, 3.63) is 60.2 Å². The summed E-state index contributed by atoms with van der Waals surface area (Å²) in [5.74, 6) is 0.234. The van der Waals surface area contributed by atoms with Crippen LogP contribution in [0.3, 0.4) is 0 Å². The highest BCUT2D eigenvalue weighted by atomic mass is 16.1. The van der Waals surface area contributed by atoms with E-state index >= 15 is 0 Å². The molecule has 1 saturated heterocycles. The third-order valence-electron chi connectivity index (χ3n) is 3.88. The minimum Gasteiger partial charge on any atom is -0.352 e. The van der Waals surface area contributed by atoms with E-state index in [4.69, 9.17) is 0 Å². The summed E-state index contributed by atoms with van der Waals surface area (Å²) in [5.41, 5.74) is 2.17. The lowest BCUT2D eigenvalue weighted by Crippen LogP contribution is -2.34. The molecule has 0 radical (unpaired) electrons. The van der Waals surface area contributed by atoms with Crippen LogP contribution in [0.2, 0.25) is 0 Å². The first-order valence-electron chi connectivity index (χ1n) is 7.12. The Morgan fingerprint density at radius 1 is 1.19 bits per heavy atom. The molecule has 3 heterocycles. The molecule has 1 aliphatic rings. The van der Waals surface area contributed by atoms with E-state index < -0.39 is 0 Å². The Hall–Kier alpha value is -2.27. The van der Waals surface area contributed by atoms with Crippen molar-refractivity contribution < 1.29 is 4.79 Å². The standard InChI is InChI=1S/C16H18N4O/c21-16(20-8-12-3-6-17-7-4-12)15-11-19-10-14(15)13-2-1-5-18-9-13/h1-7,9,14-15,19H,8,10-11H2,(H,20,21)/t14-,15?/m0/s1. The van der Waals surface area contributed by atoms with E-state index in [1.807, 2.05) is 30.5 Å². The first kappa shape index (κ1) is 13.7. The number of aromatic nitrogens is 2. The summed E-state index contributed by atoms with van der Waals surface area (Å²) < 4.78 is 0. The zero-order chi connectivity index (χ0) is 14.5. The molecule has 0 spiro atoms. The number of amides is 1. The number of hydrogen-bond acceptors (Lipinski definition) is 4. The highest BCUT2D eigenvalue weighted by molar-refractivity contribution is 5.80. The molecule has 2 aromatic rings. The first-order chi connectivity index (χ1) is 10.3. The highest BCUT2D eigenvalue weighted by Gasteiger charge is 2.33. The molecular weight excluding hydrogens is 264 g/mol. The summed E-state index contributed by atoms with van der Waals surface area (Å²) in [6.45, 7) is 2.07. The summed E-state index contributed by atoms with van der Waals surface area (Å²) in [4.78, 5) is 20.5. The zero-order valence-electron chi connectivity index (χ0n) is 11.7. The fraction of sp³-hybridized carbons (Fsp3) is 0.312. The van der Waals surface area contributed by atoms with Crippen LogP contribution in [0.5, 0.6) is 0 Å². The Balaban J connectivity index is 1.64. The van der Waals surface area contributed by atoms with Crippen LogP contribution >= 0.6 is 0 Å². The Morgan fingerprint density at radius 2 is 2.05 bits per heavy atom. The van der Waals surface area contributed by atoms with Gasteiger partial charge in [0.05, 0.1) is 5.92 Å². The van der Waals surface area contributed by atoms with Gasteiger partial charge >= 0.3 is 0 Å². The molecule has 2 aromatic heterocycles. The summed E-state index contributed by atoms with van der Waals surface area (Å²) in [6.07, 6.45) is 7.07. The van der Waals surface area contributed by atoms with E-state index in [9.17, 15) is 4.79 Å². The Bertz CT molecular complexity index is 588. The van der Waals surface area contributed by atoms with E-state index in [0.717, 1.165) is 17.7 Å². The molecule has 21 heavy (non-hydrogen) atoms. The number of carbonyl (C=O) groups excluding carboxylic acids is 1. The van der Waals surface area contributed by atoms with Gasteiger partial charge in [-0.15, -0.1) is 0 Å². The maximum Gasteiger partial charge on any atom is 0.225 e. The van der Waals surface area contributed by atoms with Crippen molar-refractivity contribution in [2.45, 2.75) is 12.5 Å². The number of nitrogens with zero attached hydrogens (tertiary/aromatic N) is 2. The molecule has 0 saturated carbocycles. The number of hydrogen-bond donors (Lipinski definition) is 2. The van der Waals surface area contributed by atoms with Gasteiger partial charge in [-0.3, -0.25) is 14.8 Å². The molecule has 5 heteroatoms. The molecule has 2 N–H and O–H groups in total. The van der Waals surface area contributed by atoms with Crippen LogP contribution in [0.15, 0.2) is 49.1 Å². The van der Waals surface area contributed by atoms with Crippen molar-refractivity contribution in [2.24, 2.45) is 5.92 Å². The van der Waals surface area contributed by atoms with Gasteiger partial charge in [-0.25, -0.2) is 0 Å². The number of nitrogens with one attached hydrogen (secondary N) is 2. The molecule has 1 fully saturated rings. The lowest BCUT2D eigenvalue weighted by atomic mass is 9.89. The molecular formula is C16H18N4O. The van der Waals surface area contributed by atoms with Crippen molar-refractivity contribution in [3.63, 3.8) is 0 Å². The van der Waals surface area contributed by atoms with E-state index in [2.05, 4.69) is 20.6 Å². The van der Waals surface area contributed by atoms with Gasteiger partial charge in [-0.1, -0.05) is 6.07 Å². The molecule has 0 aromatic carbocycles. The SMILES string of the molecule is O=C(NCc1ccncc1)C1CNC[C@H]1c1cccnc1. The molecule has 1 amide bonds. The average Bonchev–Trinajstić information content (AvgIpc) is 3.04. The van der Waals surface area contributed by atoms with Gasteiger partial charge in [0.1, 0.15) is 0 Å². The van der Waals surface area contributed by atoms with Crippen LogP contribution in [0.25, 0.3) is 0 Å². The van der Waals surface area contributed by atoms with Gasteiger partial charge < -0.3 is 10.6 Å². The summed E-state index contributed by atoms with van der Waals surface area (Å²) in [7, 11) is 0. The topological polar surface area (TPSA) is 66.9 Å². The second kappa shape index (κ2) is 6.45. The second-order valence-corrected chi connectivity index (χ2v) is 5.23. The lowest BCUT2D eigenvalue weighted by molar-refractivity contribution is -0.125. The van der Waals surface area contributed by atoms with Crippen LogP contribution in [-0.2, 0) is 11.3 Å². The Kier molecular flexibility index (Phi) is 4.21. The normalized spacial score (nSPS) is 21.1. The van der Waals surface area contributed by atoms with E-state index in [1.54, 1.807) is 18.6 Å². The summed E-state index contributed by atoms with van der Waals surface area (Å²) in [5, 5.41) is 6.31. The van der Waals surface area contributed by atoms with E-state index in [-0.39, 0.29) is 17.7 Å². The van der Waals surface area contributed by atoms with Crippen molar-refractivity contribution >= 4 is 5.91 Å². The van der Waals surface area contributed by atoms with Gasteiger partial charge in [0.25, 0.3) is 0 Å². The molecule has 1 unspecified atom stereocenters. The predicted molar refractivity (Wildman–Crippen MR) is 79.4 cm³/mol. The van der Waals surface area contributed by atoms with Gasteiger partial charge in [-0.05, 0) is 29.3 Å². The van der Waals surface area contributed by atoms with Gasteiger partial charge in [0.15, 0.2) is 0 Å². The van der Waals surface area contributed by atoms with Gasteiger partial charge in [0, 0.05) is 50.3 Å². The van der Waals surface area contributed by atoms with Gasteiger partial charge in [0.2, 0.25) is 5.91 Å². The van der Waals surface area contributed by atoms with Crippen LogP contribution in [-0.4, -0.2) is 29.0 Å². The third-order valence-corrected chi connectivity index (χ3v) is 3.88. The van der Waals surface area contributed by atoms with Crippen molar-refractivity contribution in [1.82, 2.24) is 20.6 Å². The molecule has 2 atom stereocenters. The van der Waals surface area contributed by atoms with E-state index in [0.29, 0.717) is 13.1 Å². The second-order valence-electron chi connectivity index (χ2n) is 5.23. The monoisotopic (exact) mass is 282 g/mol. The smallest absolute Gasteiger partial charge is 0.225 e. The maximum absolute atomic E-state index is 12.4. The number of pyridine rings is 2. The molecule has 0 aliphatic carbocycles. The molecule has 1 aliphatic heterocycles. The van der Waals surface area contributed by atoms with Crippen LogP contribution < -0.4 is 10.6 Å². The molecule has 0 bridgehead atoms. The third kappa shape index (κ3) is 3.25. The predicted octanol–water partition coefficient (Wildman–Crippen LogP) is 1.10. The van der Waals surface area contributed by atoms with Crippen molar-refractivity contribution in [3.8, 4) is 0 Å². The van der Waals surface area contributed by atoms with Crippen molar-refractivity contribution in [1.29, 1.82) is 0 Å². The fourth-order valence-electron chi connectivity index (χ4n) is 2.72. The number of rotatable bonds is 4. The zero-order valence-corrected chi connectivity index (χ0v) is 11.7. The van der Waals surface area contributed by atoms with Crippen LogP contribution in [0, 0.1) is 5.92 Å². The highest BCUT2D eigenvalue weighted by Crippen LogP contribution is 2.27. The van der Waals surface area contributed by atoms with E-state index in [1.165, 1.54) is 0 Å². The maximum atomic E-state index is 12.4. The summed E-state index contributed by atoms with van der Waals surface area (Å²) in [6, 6.07) is 7.77. The average molecular weight is 282 g/mol. The minimum atomic E-state index is -0.0453. The van der Waals surface area contributed by atoms with Crippen molar-refractivity contribution in [2.75, 3.05) is 13.1 Å². The molecule has 5 nitrogen and oxygen atoms in total.